The van der Waals surface area contributed by atoms with Gasteiger partial charge < -0.3 is 5.32 Å². The van der Waals surface area contributed by atoms with Crippen LogP contribution in [0.5, 0.6) is 0 Å². The Hall–Kier alpha value is -1.17. The van der Waals surface area contributed by atoms with Gasteiger partial charge in [-0.1, -0.05) is 25.2 Å². The number of anilines is 1. The number of hydrogen-bond acceptors (Lipinski definition) is 4. The number of aromatic nitrogens is 2. The molecule has 0 aromatic carbocycles. The molecule has 0 radical (unpaired) electrons. The Morgan fingerprint density at radius 3 is 2.79 bits per heavy atom. The van der Waals surface area contributed by atoms with Crippen LogP contribution in [0.1, 0.15) is 18.9 Å². The van der Waals surface area contributed by atoms with Crippen molar-refractivity contribution in [3.05, 3.63) is 5.01 Å². The van der Waals surface area contributed by atoms with E-state index < -0.39 is 0 Å². The highest BCUT2D eigenvalue weighted by molar-refractivity contribution is 7.15. The van der Waals surface area contributed by atoms with Gasteiger partial charge in [-0.25, -0.2) is 4.79 Å². The maximum Gasteiger partial charge on any atom is 0.320 e. The second kappa shape index (κ2) is 4.90. The summed E-state index contributed by atoms with van der Waals surface area (Å²) in [6.45, 7) is 4.24. The first-order chi connectivity index (χ1) is 6.61. The van der Waals surface area contributed by atoms with Crippen LogP contribution in [0.15, 0.2) is 0 Å². The fourth-order valence-corrected chi connectivity index (χ4v) is 1.84. The van der Waals surface area contributed by atoms with E-state index in [-0.39, 0.29) is 6.03 Å². The molecule has 0 bridgehead atoms. The number of hydrogen-bond donors (Lipinski definition) is 2. The highest BCUT2D eigenvalue weighted by Crippen LogP contribution is 2.17. The van der Waals surface area contributed by atoms with Crippen LogP contribution in [-0.4, -0.2) is 23.3 Å². The third kappa shape index (κ3) is 3.29. The van der Waals surface area contributed by atoms with E-state index in [1.165, 1.54) is 11.3 Å². The number of carbonyl (C=O) groups is 1. The van der Waals surface area contributed by atoms with E-state index in [4.69, 9.17) is 0 Å². The lowest BCUT2D eigenvalue weighted by Gasteiger charge is -1.98. The molecule has 0 spiro atoms. The van der Waals surface area contributed by atoms with Gasteiger partial charge in [-0.3, -0.25) is 5.32 Å². The van der Waals surface area contributed by atoms with Crippen molar-refractivity contribution in [3.63, 3.8) is 0 Å². The molecule has 0 aliphatic carbocycles. The fourth-order valence-electron chi connectivity index (χ4n) is 0.895. The molecule has 1 aromatic heterocycles. The minimum atomic E-state index is -0.266. The second-order valence-corrected chi connectivity index (χ2v) is 4.37. The quantitative estimate of drug-likeness (QED) is 0.801. The van der Waals surface area contributed by atoms with Crippen molar-refractivity contribution in [1.82, 2.24) is 15.5 Å². The van der Waals surface area contributed by atoms with Gasteiger partial charge >= 0.3 is 6.03 Å². The van der Waals surface area contributed by atoms with Gasteiger partial charge in [-0.2, -0.15) is 0 Å². The van der Waals surface area contributed by atoms with E-state index in [0.717, 1.165) is 11.4 Å². The molecule has 0 atom stereocenters. The zero-order valence-corrected chi connectivity index (χ0v) is 9.31. The zero-order chi connectivity index (χ0) is 10.6. The van der Waals surface area contributed by atoms with Gasteiger partial charge in [0.25, 0.3) is 0 Å². The predicted octanol–water partition coefficient (Wildman–Crippen LogP) is 1.49. The van der Waals surface area contributed by atoms with Crippen LogP contribution in [0.25, 0.3) is 0 Å². The van der Waals surface area contributed by atoms with E-state index in [0.29, 0.717) is 11.0 Å². The molecule has 1 aromatic rings. The van der Waals surface area contributed by atoms with Crippen molar-refractivity contribution < 1.29 is 4.79 Å². The zero-order valence-electron chi connectivity index (χ0n) is 8.50. The normalized spacial score (nSPS) is 10.3. The standard InChI is InChI=1S/C8H14N4OS/c1-5(2)4-6-11-12-8(14-6)10-7(13)9-3/h5H,4H2,1-3H3,(H2,9,10,12,13). The van der Waals surface area contributed by atoms with Crippen molar-refractivity contribution >= 4 is 22.5 Å². The lowest BCUT2D eigenvalue weighted by atomic mass is 10.1. The Morgan fingerprint density at radius 1 is 1.50 bits per heavy atom. The third-order valence-electron chi connectivity index (χ3n) is 1.50. The van der Waals surface area contributed by atoms with Gasteiger partial charge in [0.05, 0.1) is 0 Å². The Morgan fingerprint density at radius 2 is 2.21 bits per heavy atom. The summed E-state index contributed by atoms with van der Waals surface area (Å²) >= 11 is 1.41. The van der Waals surface area contributed by atoms with Crippen molar-refractivity contribution in [2.75, 3.05) is 12.4 Å². The third-order valence-corrected chi connectivity index (χ3v) is 2.36. The number of urea groups is 1. The minimum Gasteiger partial charge on any atom is -0.341 e. The first-order valence-corrected chi connectivity index (χ1v) is 5.24. The highest BCUT2D eigenvalue weighted by atomic mass is 32.1. The first-order valence-electron chi connectivity index (χ1n) is 4.43. The van der Waals surface area contributed by atoms with Crippen LogP contribution < -0.4 is 10.6 Å². The molecule has 5 nitrogen and oxygen atoms in total. The Kier molecular flexibility index (Phi) is 3.82. The van der Waals surface area contributed by atoms with Crippen LogP contribution in [0, 0.1) is 5.92 Å². The molecule has 78 valence electrons. The van der Waals surface area contributed by atoms with Gasteiger partial charge in [-0.05, 0) is 5.92 Å². The summed E-state index contributed by atoms with van der Waals surface area (Å²) in [6.07, 6.45) is 0.896. The number of nitrogens with zero attached hydrogens (tertiary/aromatic N) is 2. The van der Waals surface area contributed by atoms with Crippen LogP contribution in [-0.2, 0) is 6.42 Å². The van der Waals surface area contributed by atoms with Crippen molar-refractivity contribution in [1.29, 1.82) is 0 Å². The smallest absolute Gasteiger partial charge is 0.320 e. The average Bonchev–Trinajstić information content (AvgIpc) is 2.51. The van der Waals surface area contributed by atoms with Crippen LogP contribution in [0.2, 0.25) is 0 Å². The van der Waals surface area contributed by atoms with E-state index in [1.54, 1.807) is 7.05 Å². The number of rotatable bonds is 3. The van der Waals surface area contributed by atoms with Gasteiger partial charge in [-0.15, -0.1) is 10.2 Å². The number of amides is 2. The van der Waals surface area contributed by atoms with Gasteiger partial charge in [0, 0.05) is 13.5 Å². The molecule has 0 unspecified atom stereocenters. The number of carbonyl (C=O) groups excluding carboxylic acids is 1. The van der Waals surface area contributed by atoms with Crippen LogP contribution in [0.4, 0.5) is 9.93 Å². The lowest BCUT2D eigenvalue weighted by molar-refractivity contribution is 0.254. The van der Waals surface area contributed by atoms with E-state index >= 15 is 0 Å². The number of nitrogens with one attached hydrogen (secondary N) is 2. The molecule has 6 heteroatoms. The van der Waals surface area contributed by atoms with Gasteiger partial charge in [0.2, 0.25) is 5.13 Å². The summed E-state index contributed by atoms with van der Waals surface area (Å²) < 4.78 is 0. The van der Waals surface area contributed by atoms with Crippen molar-refractivity contribution in [3.8, 4) is 0 Å². The molecular formula is C8H14N4OS. The van der Waals surface area contributed by atoms with Crippen molar-refractivity contribution in [2.24, 2.45) is 5.92 Å². The van der Waals surface area contributed by atoms with E-state index in [1.807, 2.05) is 0 Å². The molecule has 14 heavy (non-hydrogen) atoms. The summed E-state index contributed by atoms with van der Waals surface area (Å²) in [6, 6.07) is -0.266. The maximum atomic E-state index is 10.9. The van der Waals surface area contributed by atoms with Crippen molar-refractivity contribution in [2.45, 2.75) is 20.3 Å². The summed E-state index contributed by atoms with van der Waals surface area (Å²) in [4.78, 5) is 10.9. The summed E-state index contributed by atoms with van der Waals surface area (Å²) in [5, 5.41) is 14.3. The van der Waals surface area contributed by atoms with Gasteiger partial charge in [0.1, 0.15) is 5.01 Å². The molecule has 1 rings (SSSR count). The molecular weight excluding hydrogens is 200 g/mol. The maximum absolute atomic E-state index is 10.9. The SMILES string of the molecule is CNC(=O)Nc1nnc(CC(C)C)s1. The lowest BCUT2D eigenvalue weighted by Crippen LogP contribution is -2.24. The average molecular weight is 214 g/mol. The molecule has 2 amide bonds. The molecule has 0 aliphatic heterocycles. The molecule has 0 saturated heterocycles. The summed E-state index contributed by atoms with van der Waals surface area (Å²) in [7, 11) is 1.56. The Bertz CT molecular complexity index is 310. The summed E-state index contributed by atoms with van der Waals surface area (Å²) in [5.41, 5.74) is 0. The topological polar surface area (TPSA) is 66.9 Å². The molecule has 0 fully saturated rings. The molecule has 2 N–H and O–H groups in total. The first kappa shape index (κ1) is 10.9. The summed E-state index contributed by atoms with van der Waals surface area (Å²) in [5.74, 6) is 0.552. The molecule has 0 saturated carbocycles. The predicted molar refractivity (Wildman–Crippen MR) is 56.5 cm³/mol. The highest BCUT2D eigenvalue weighted by Gasteiger charge is 2.07. The van der Waals surface area contributed by atoms with Crippen LogP contribution >= 0.6 is 11.3 Å². The second-order valence-electron chi connectivity index (χ2n) is 3.30. The monoisotopic (exact) mass is 214 g/mol. The molecule has 1 heterocycles. The fraction of sp³-hybridized carbons (Fsp3) is 0.625. The molecule has 0 aliphatic rings. The Labute approximate surface area is 86.9 Å². The van der Waals surface area contributed by atoms with E-state index in [2.05, 4.69) is 34.7 Å². The Balaban J connectivity index is 2.55. The van der Waals surface area contributed by atoms with E-state index in [9.17, 15) is 4.79 Å². The van der Waals surface area contributed by atoms with Gasteiger partial charge in [0.15, 0.2) is 0 Å². The largest absolute Gasteiger partial charge is 0.341 e. The van der Waals surface area contributed by atoms with Crippen LogP contribution in [0.3, 0.4) is 0 Å². The minimum absolute atomic E-state index is 0.266.